The molecule has 0 aromatic rings. The minimum absolute atomic E-state index is 0.125. The first-order valence-electron chi connectivity index (χ1n) is 8.78. The van der Waals surface area contributed by atoms with Crippen LogP contribution in [0.1, 0.15) is 26.7 Å². The van der Waals surface area contributed by atoms with Gasteiger partial charge in [-0.2, -0.15) is 0 Å². The summed E-state index contributed by atoms with van der Waals surface area (Å²) in [6.07, 6.45) is 4.38. The lowest BCUT2D eigenvalue weighted by molar-refractivity contribution is -0.137. The molecule has 1 fully saturated rings. The number of hydrogen-bond donors (Lipinski definition) is 1. The van der Waals surface area contributed by atoms with Crippen molar-refractivity contribution in [2.24, 2.45) is 17.0 Å². The van der Waals surface area contributed by atoms with E-state index in [2.05, 4.69) is 26.4 Å². The molecule has 0 spiro atoms. The van der Waals surface area contributed by atoms with Gasteiger partial charge >= 0.3 is 11.9 Å². The number of aliphatic hydroxyl groups excluding tert-OH is 1. The number of epoxide rings is 1. The zero-order valence-corrected chi connectivity index (χ0v) is 15.9. The predicted octanol–water partition coefficient (Wildman–Crippen LogP) is 2.06. The second-order valence-electron chi connectivity index (χ2n) is 6.98. The van der Waals surface area contributed by atoms with Gasteiger partial charge in [-0.1, -0.05) is 25.0 Å². The van der Waals surface area contributed by atoms with E-state index in [0.29, 0.717) is 24.0 Å². The van der Waals surface area contributed by atoms with Crippen LogP contribution in [0.25, 0.3) is 10.4 Å². The number of aliphatic hydroxyl groups is 1. The topological polar surface area (TPSA) is 134 Å². The average Bonchev–Trinajstić information content (AvgIpc) is 3.45. The first-order valence-corrected chi connectivity index (χ1v) is 8.78. The molecule has 1 N–H and O–H groups in total. The van der Waals surface area contributed by atoms with Crippen LogP contribution in [-0.2, 0) is 23.8 Å². The van der Waals surface area contributed by atoms with E-state index in [9.17, 15) is 14.7 Å². The van der Waals surface area contributed by atoms with E-state index in [1.807, 2.05) is 6.08 Å². The van der Waals surface area contributed by atoms with Crippen LogP contribution < -0.4 is 0 Å². The fourth-order valence-corrected chi connectivity index (χ4v) is 3.36. The molecule has 27 heavy (non-hydrogen) atoms. The minimum atomic E-state index is -0.741. The summed E-state index contributed by atoms with van der Waals surface area (Å²) < 4.78 is 14.5. The maximum absolute atomic E-state index is 11.3. The third-order valence-corrected chi connectivity index (χ3v) is 4.96. The lowest BCUT2D eigenvalue weighted by Crippen LogP contribution is -2.34. The van der Waals surface area contributed by atoms with E-state index in [1.165, 1.54) is 20.3 Å². The van der Waals surface area contributed by atoms with Crippen molar-refractivity contribution < 1.29 is 28.9 Å². The van der Waals surface area contributed by atoms with Crippen LogP contribution in [0.4, 0.5) is 0 Å². The highest BCUT2D eigenvalue weighted by Crippen LogP contribution is 2.39. The van der Waals surface area contributed by atoms with Gasteiger partial charge in [-0.05, 0) is 36.3 Å². The van der Waals surface area contributed by atoms with E-state index in [0.717, 1.165) is 12.0 Å². The van der Waals surface area contributed by atoms with Crippen molar-refractivity contribution in [3.63, 3.8) is 0 Å². The van der Waals surface area contributed by atoms with Gasteiger partial charge in [0, 0.05) is 16.1 Å². The molecule has 0 radical (unpaired) electrons. The maximum Gasteiger partial charge on any atom is 0.333 e. The molecular formula is C18H25N3O6. The highest BCUT2D eigenvalue weighted by atomic mass is 16.6. The quantitative estimate of drug-likeness (QED) is 0.262. The number of carbonyl (C=O) groups excluding carboxylic acids is 2. The number of nitrogens with zero attached hydrogens (tertiary/aromatic N) is 3. The van der Waals surface area contributed by atoms with Crippen LogP contribution in [0.5, 0.6) is 0 Å². The number of hydrogen-bond acceptors (Lipinski definition) is 7. The first kappa shape index (κ1) is 21.0. The summed E-state index contributed by atoms with van der Waals surface area (Å²) in [7, 11) is 2.70. The van der Waals surface area contributed by atoms with E-state index < -0.39 is 18.1 Å². The molecule has 9 nitrogen and oxygen atoms in total. The van der Waals surface area contributed by atoms with Gasteiger partial charge in [0.2, 0.25) is 0 Å². The lowest BCUT2D eigenvalue weighted by atomic mass is 9.85. The summed E-state index contributed by atoms with van der Waals surface area (Å²) in [6, 6.07) is -0.687. The Morgan fingerprint density at radius 3 is 2.22 bits per heavy atom. The molecule has 0 amide bonds. The smallest absolute Gasteiger partial charge is 0.333 e. The van der Waals surface area contributed by atoms with Crippen LogP contribution in [-0.4, -0.2) is 55.6 Å². The highest BCUT2D eigenvalue weighted by Gasteiger charge is 2.45. The third kappa shape index (κ3) is 5.09. The van der Waals surface area contributed by atoms with Gasteiger partial charge in [-0.25, -0.2) is 9.59 Å². The standard InChI is InChI=1S/C9H13N3O3.C9H12O3/c1-5-3-6(9(14)15-2)4-7(8(5)13)11-12-10;1-5-3-6(9(10)11-2)4-7-8(5)12-7/h4-5,7-8,13H,3H2,1-2H3;4-5,7-8H,3H2,1-2H3/t5-,7+,8+;5-,7-,8+/m11/s1. The monoisotopic (exact) mass is 379 g/mol. The van der Waals surface area contributed by atoms with Gasteiger partial charge < -0.3 is 19.3 Å². The highest BCUT2D eigenvalue weighted by molar-refractivity contribution is 5.89. The van der Waals surface area contributed by atoms with Gasteiger partial charge in [0.15, 0.2) is 0 Å². The number of methoxy groups -OCH3 is 2. The summed E-state index contributed by atoms with van der Waals surface area (Å²) in [5.41, 5.74) is 9.53. The average molecular weight is 379 g/mol. The molecule has 0 saturated carbocycles. The van der Waals surface area contributed by atoms with Crippen molar-refractivity contribution in [2.75, 3.05) is 14.2 Å². The Morgan fingerprint density at radius 2 is 1.70 bits per heavy atom. The molecule has 1 saturated heterocycles. The van der Waals surface area contributed by atoms with Crippen LogP contribution in [0, 0.1) is 11.8 Å². The van der Waals surface area contributed by atoms with Gasteiger partial charge in [0.05, 0.1) is 32.5 Å². The molecule has 6 atom stereocenters. The molecule has 3 aliphatic rings. The van der Waals surface area contributed by atoms with Crippen LogP contribution in [0.15, 0.2) is 28.4 Å². The van der Waals surface area contributed by atoms with Crippen molar-refractivity contribution in [3.05, 3.63) is 33.7 Å². The lowest BCUT2D eigenvalue weighted by Gasteiger charge is -2.28. The van der Waals surface area contributed by atoms with E-state index in [-0.39, 0.29) is 18.0 Å². The fourth-order valence-electron chi connectivity index (χ4n) is 3.36. The van der Waals surface area contributed by atoms with E-state index in [4.69, 9.17) is 10.3 Å². The number of carbonyl (C=O) groups is 2. The zero-order valence-electron chi connectivity index (χ0n) is 15.9. The largest absolute Gasteiger partial charge is 0.466 e. The van der Waals surface area contributed by atoms with Gasteiger partial charge in [-0.3, -0.25) is 0 Å². The van der Waals surface area contributed by atoms with Gasteiger partial charge in [0.1, 0.15) is 6.10 Å². The molecule has 0 unspecified atom stereocenters. The van der Waals surface area contributed by atoms with Crippen LogP contribution in [0.3, 0.4) is 0 Å². The molecule has 148 valence electrons. The van der Waals surface area contributed by atoms with Gasteiger partial charge in [-0.15, -0.1) is 0 Å². The molecule has 0 aromatic carbocycles. The predicted molar refractivity (Wildman–Crippen MR) is 95.4 cm³/mol. The normalized spacial score (nSPS) is 33.7. The van der Waals surface area contributed by atoms with Crippen LogP contribution >= 0.6 is 0 Å². The third-order valence-electron chi connectivity index (χ3n) is 4.96. The molecule has 2 aliphatic carbocycles. The number of ether oxygens (including phenoxy) is 3. The Labute approximate surface area is 157 Å². The number of fused-ring (bicyclic) bond motifs is 1. The molecular weight excluding hydrogens is 354 g/mol. The Kier molecular flexibility index (Phi) is 7.01. The molecule has 1 heterocycles. The molecule has 0 aromatic heterocycles. The van der Waals surface area contributed by atoms with Crippen molar-refractivity contribution in [1.82, 2.24) is 0 Å². The summed E-state index contributed by atoms with van der Waals surface area (Å²) in [5, 5.41) is 13.1. The van der Waals surface area contributed by atoms with Crippen LogP contribution in [0.2, 0.25) is 0 Å². The van der Waals surface area contributed by atoms with E-state index in [1.54, 1.807) is 6.92 Å². The molecule has 1 aliphatic heterocycles. The maximum atomic E-state index is 11.3. The fraction of sp³-hybridized carbons (Fsp3) is 0.667. The summed E-state index contributed by atoms with van der Waals surface area (Å²) in [5.74, 6) is -0.323. The Hall–Kier alpha value is -2.35. The Bertz CT molecular complexity index is 697. The molecule has 3 rings (SSSR count). The number of rotatable bonds is 3. The second kappa shape index (κ2) is 9.03. The second-order valence-corrected chi connectivity index (χ2v) is 6.98. The summed E-state index contributed by atoms with van der Waals surface area (Å²) in [4.78, 5) is 25.0. The van der Waals surface area contributed by atoms with Crippen molar-refractivity contribution in [3.8, 4) is 0 Å². The van der Waals surface area contributed by atoms with Crippen molar-refractivity contribution in [1.29, 1.82) is 0 Å². The first-order chi connectivity index (χ1) is 12.8. The summed E-state index contributed by atoms with van der Waals surface area (Å²) in [6.45, 7) is 3.89. The Morgan fingerprint density at radius 1 is 1.15 bits per heavy atom. The number of azide groups is 1. The van der Waals surface area contributed by atoms with E-state index >= 15 is 0 Å². The molecule has 9 heteroatoms. The Balaban J connectivity index is 0.000000198. The minimum Gasteiger partial charge on any atom is -0.466 e. The SMILES string of the molecule is COC(=O)C1=C[C@H](N=[N+]=[N-])[C@@H](O)[C@H](C)C1.COC(=O)C1=C[C@H]2O[C@H]2[C@H](C)C1. The molecule has 0 bridgehead atoms. The summed E-state index contributed by atoms with van der Waals surface area (Å²) >= 11 is 0. The van der Waals surface area contributed by atoms with Crippen molar-refractivity contribution >= 4 is 11.9 Å². The van der Waals surface area contributed by atoms with Gasteiger partial charge in [0.25, 0.3) is 0 Å². The van der Waals surface area contributed by atoms with Crippen molar-refractivity contribution in [2.45, 2.75) is 51.0 Å². The zero-order chi connectivity index (χ0) is 20.1. The number of esters is 2.